The Balaban J connectivity index is 1.48. The monoisotopic (exact) mass is 272 g/mol. The molecule has 0 radical (unpaired) electrons. The van der Waals surface area contributed by atoms with Crippen LogP contribution in [0.4, 0.5) is 0 Å². The third kappa shape index (κ3) is 3.21. The average molecular weight is 272 g/mol. The Hall–Kier alpha value is -1.35. The Labute approximate surface area is 121 Å². The van der Waals surface area contributed by atoms with Crippen LogP contribution in [0.5, 0.6) is 0 Å². The van der Waals surface area contributed by atoms with Crippen LogP contribution in [0, 0.1) is 11.8 Å². The minimum Gasteiger partial charge on any atom is -0.352 e. The van der Waals surface area contributed by atoms with E-state index in [0.29, 0.717) is 18.9 Å². The molecule has 1 aromatic carbocycles. The first-order valence-electron chi connectivity index (χ1n) is 7.79. The highest BCUT2D eigenvalue weighted by Gasteiger charge is 2.23. The van der Waals surface area contributed by atoms with Crippen molar-refractivity contribution in [2.24, 2.45) is 11.8 Å². The molecule has 1 amide bonds. The summed E-state index contributed by atoms with van der Waals surface area (Å²) in [5, 5.41) is 6.42. The van der Waals surface area contributed by atoms with Crippen molar-refractivity contribution in [3.05, 3.63) is 34.9 Å². The molecule has 2 N–H and O–H groups in total. The Morgan fingerprint density at radius 1 is 1.30 bits per heavy atom. The van der Waals surface area contributed by atoms with Gasteiger partial charge in [-0.25, -0.2) is 0 Å². The van der Waals surface area contributed by atoms with Crippen molar-refractivity contribution in [2.45, 2.75) is 52.2 Å². The van der Waals surface area contributed by atoms with Crippen LogP contribution < -0.4 is 10.6 Å². The molecule has 0 aromatic heterocycles. The highest BCUT2D eigenvalue weighted by Crippen LogP contribution is 2.32. The summed E-state index contributed by atoms with van der Waals surface area (Å²) in [5.74, 6) is 1.62. The number of hydrogen-bond acceptors (Lipinski definition) is 2. The van der Waals surface area contributed by atoms with Gasteiger partial charge in [0.05, 0.1) is 0 Å². The van der Waals surface area contributed by atoms with E-state index in [1.54, 1.807) is 0 Å². The molecular formula is C17H24N2O. The van der Waals surface area contributed by atoms with Crippen molar-refractivity contribution in [3.63, 3.8) is 0 Å². The predicted octanol–water partition coefficient (Wildman–Crippen LogP) is 2.73. The fraction of sp³-hybridized carbons (Fsp3) is 0.588. The van der Waals surface area contributed by atoms with Gasteiger partial charge in [0.15, 0.2) is 0 Å². The molecular weight excluding hydrogens is 248 g/mol. The fourth-order valence-electron chi connectivity index (χ4n) is 3.50. The lowest BCUT2D eigenvalue weighted by atomic mass is 10.0. The quantitative estimate of drug-likeness (QED) is 0.885. The second-order valence-corrected chi connectivity index (χ2v) is 6.47. The molecule has 0 saturated heterocycles. The van der Waals surface area contributed by atoms with Crippen molar-refractivity contribution < 1.29 is 4.79 Å². The van der Waals surface area contributed by atoms with Gasteiger partial charge in [-0.2, -0.15) is 0 Å². The maximum absolute atomic E-state index is 12.0. The fourth-order valence-corrected chi connectivity index (χ4v) is 3.50. The van der Waals surface area contributed by atoms with Gasteiger partial charge in [0.25, 0.3) is 0 Å². The molecule has 3 heteroatoms. The summed E-state index contributed by atoms with van der Waals surface area (Å²) in [4.78, 5) is 12.0. The third-order valence-corrected chi connectivity index (χ3v) is 4.67. The second-order valence-electron chi connectivity index (χ2n) is 6.47. The summed E-state index contributed by atoms with van der Waals surface area (Å²) in [5.41, 5.74) is 3.97. The van der Waals surface area contributed by atoms with Crippen LogP contribution in [0.25, 0.3) is 0 Å². The SMILES string of the molecule is CC1CCC(CC(=O)NCc2ccc3c(c2)CNC3)C1. The summed E-state index contributed by atoms with van der Waals surface area (Å²) in [6.45, 7) is 4.88. The van der Waals surface area contributed by atoms with Crippen LogP contribution >= 0.6 is 0 Å². The van der Waals surface area contributed by atoms with E-state index in [9.17, 15) is 4.79 Å². The highest BCUT2D eigenvalue weighted by molar-refractivity contribution is 5.76. The first-order valence-corrected chi connectivity index (χ1v) is 7.79. The molecule has 1 aromatic rings. The van der Waals surface area contributed by atoms with Crippen LogP contribution in [0.15, 0.2) is 18.2 Å². The molecule has 1 aliphatic carbocycles. The first-order chi connectivity index (χ1) is 9.70. The highest BCUT2D eigenvalue weighted by atomic mass is 16.1. The molecule has 3 rings (SSSR count). The molecule has 0 spiro atoms. The van der Waals surface area contributed by atoms with Gasteiger partial charge in [-0.1, -0.05) is 31.5 Å². The lowest BCUT2D eigenvalue weighted by Crippen LogP contribution is -2.24. The molecule has 2 unspecified atom stereocenters. The van der Waals surface area contributed by atoms with E-state index >= 15 is 0 Å². The zero-order valence-electron chi connectivity index (χ0n) is 12.2. The number of carbonyl (C=O) groups excluding carboxylic acids is 1. The maximum atomic E-state index is 12.0. The molecule has 2 aliphatic rings. The summed E-state index contributed by atoms with van der Waals surface area (Å²) in [6, 6.07) is 6.52. The molecule has 20 heavy (non-hydrogen) atoms. The normalized spacial score (nSPS) is 24.6. The van der Waals surface area contributed by atoms with Crippen molar-refractivity contribution in [1.29, 1.82) is 0 Å². The zero-order chi connectivity index (χ0) is 13.9. The minimum atomic E-state index is 0.211. The van der Waals surface area contributed by atoms with Crippen LogP contribution in [-0.2, 0) is 24.4 Å². The largest absolute Gasteiger partial charge is 0.352 e. The van der Waals surface area contributed by atoms with E-state index in [1.807, 2.05) is 0 Å². The van der Waals surface area contributed by atoms with Gasteiger partial charge >= 0.3 is 0 Å². The summed E-state index contributed by atoms with van der Waals surface area (Å²) in [6.07, 6.45) is 4.43. The Bertz CT molecular complexity index is 498. The Morgan fingerprint density at radius 3 is 2.95 bits per heavy atom. The smallest absolute Gasteiger partial charge is 0.220 e. The first kappa shape index (κ1) is 13.6. The number of rotatable bonds is 4. The molecule has 1 heterocycles. The van der Waals surface area contributed by atoms with Gasteiger partial charge < -0.3 is 10.6 Å². The Kier molecular flexibility index (Phi) is 4.06. The average Bonchev–Trinajstić information content (AvgIpc) is 3.04. The Morgan fingerprint density at radius 2 is 2.15 bits per heavy atom. The van der Waals surface area contributed by atoms with E-state index in [-0.39, 0.29) is 5.91 Å². The molecule has 108 valence electrons. The number of benzene rings is 1. The van der Waals surface area contributed by atoms with Gasteiger partial charge in [0, 0.05) is 26.1 Å². The lowest BCUT2D eigenvalue weighted by Gasteiger charge is -2.11. The van der Waals surface area contributed by atoms with Crippen LogP contribution in [0.3, 0.4) is 0 Å². The number of hydrogen-bond donors (Lipinski definition) is 2. The maximum Gasteiger partial charge on any atom is 0.220 e. The summed E-state index contributed by atoms with van der Waals surface area (Å²) < 4.78 is 0. The number of amides is 1. The van der Waals surface area contributed by atoms with Crippen molar-refractivity contribution in [2.75, 3.05) is 0 Å². The predicted molar refractivity (Wildman–Crippen MR) is 80.0 cm³/mol. The van der Waals surface area contributed by atoms with E-state index in [2.05, 4.69) is 35.8 Å². The standard InChI is InChI=1S/C17H24N2O/c1-12-2-3-13(6-12)8-17(20)19-9-14-4-5-15-10-18-11-16(15)7-14/h4-5,7,12-13,18H,2-3,6,8-11H2,1H3,(H,19,20). The minimum absolute atomic E-state index is 0.211. The van der Waals surface area contributed by atoms with Crippen molar-refractivity contribution in [3.8, 4) is 0 Å². The second kappa shape index (κ2) is 5.96. The van der Waals surface area contributed by atoms with Crippen LogP contribution in [0.2, 0.25) is 0 Å². The van der Waals surface area contributed by atoms with Crippen molar-refractivity contribution in [1.82, 2.24) is 10.6 Å². The topological polar surface area (TPSA) is 41.1 Å². The van der Waals surface area contributed by atoms with Gasteiger partial charge in [0.1, 0.15) is 0 Å². The summed E-state index contributed by atoms with van der Waals surface area (Å²) >= 11 is 0. The lowest BCUT2D eigenvalue weighted by molar-refractivity contribution is -0.122. The number of nitrogens with one attached hydrogen (secondary N) is 2. The molecule has 2 atom stereocenters. The zero-order valence-corrected chi connectivity index (χ0v) is 12.2. The molecule has 1 saturated carbocycles. The molecule has 1 fully saturated rings. The van der Waals surface area contributed by atoms with Gasteiger partial charge in [0.2, 0.25) is 5.91 Å². The van der Waals surface area contributed by atoms with Gasteiger partial charge in [-0.15, -0.1) is 0 Å². The number of fused-ring (bicyclic) bond motifs is 1. The van der Waals surface area contributed by atoms with Gasteiger partial charge in [-0.05, 0) is 41.4 Å². The van der Waals surface area contributed by atoms with Crippen molar-refractivity contribution >= 4 is 5.91 Å². The van der Waals surface area contributed by atoms with E-state index in [1.165, 1.54) is 36.0 Å². The number of carbonyl (C=O) groups is 1. The van der Waals surface area contributed by atoms with Crippen LogP contribution in [0.1, 0.15) is 49.3 Å². The molecule has 0 bridgehead atoms. The van der Waals surface area contributed by atoms with E-state index in [4.69, 9.17) is 0 Å². The summed E-state index contributed by atoms with van der Waals surface area (Å²) in [7, 11) is 0. The molecule has 3 nitrogen and oxygen atoms in total. The van der Waals surface area contributed by atoms with E-state index in [0.717, 1.165) is 19.0 Å². The molecule has 1 aliphatic heterocycles. The van der Waals surface area contributed by atoms with Crippen LogP contribution in [-0.4, -0.2) is 5.91 Å². The van der Waals surface area contributed by atoms with E-state index < -0.39 is 0 Å². The third-order valence-electron chi connectivity index (χ3n) is 4.67. The van der Waals surface area contributed by atoms with Gasteiger partial charge in [-0.3, -0.25) is 4.79 Å².